The number of hydrogen-bond donors (Lipinski definition) is 3. The van der Waals surface area contributed by atoms with Crippen LogP contribution in [0.5, 0.6) is 23.0 Å². The van der Waals surface area contributed by atoms with E-state index in [1.165, 1.54) is 26.4 Å². The number of carbonyl (C=O) groups excluding carboxylic acids is 1. The van der Waals surface area contributed by atoms with Crippen LogP contribution in [0.1, 0.15) is 11.1 Å². The van der Waals surface area contributed by atoms with Gasteiger partial charge in [0, 0.05) is 6.42 Å². The molecule has 7 nitrogen and oxygen atoms in total. The van der Waals surface area contributed by atoms with Crippen molar-refractivity contribution in [2.45, 2.75) is 18.4 Å². The summed E-state index contributed by atoms with van der Waals surface area (Å²) < 4.78 is 15.3. The molecule has 0 aromatic heterocycles. The van der Waals surface area contributed by atoms with Crippen molar-refractivity contribution in [3.63, 3.8) is 0 Å². The van der Waals surface area contributed by atoms with Crippen molar-refractivity contribution in [2.75, 3.05) is 20.8 Å². The van der Waals surface area contributed by atoms with Crippen molar-refractivity contribution < 1.29 is 34.3 Å². The molecule has 3 N–H and O–H groups in total. The monoisotopic (exact) mass is 374 g/mol. The summed E-state index contributed by atoms with van der Waals surface area (Å²) in [6.45, 7) is -0.116. The first-order valence-corrected chi connectivity index (χ1v) is 8.47. The SMILES string of the molecule is COc1cc(C[C@H]2C(=O)OC[C@@]2(O)Cc2ccc(O)c(OC)c2)ccc1O. The quantitative estimate of drug-likeness (QED) is 0.662. The maximum atomic E-state index is 12.3. The van der Waals surface area contributed by atoms with Gasteiger partial charge in [-0.1, -0.05) is 12.1 Å². The normalized spacial score (nSPS) is 21.7. The molecule has 144 valence electrons. The van der Waals surface area contributed by atoms with Gasteiger partial charge in [0.25, 0.3) is 0 Å². The number of carbonyl (C=O) groups is 1. The van der Waals surface area contributed by atoms with Crippen molar-refractivity contribution in [3.05, 3.63) is 47.5 Å². The van der Waals surface area contributed by atoms with Crippen molar-refractivity contribution in [1.29, 1.82) is 0 Å². The summed E-state index contributed by atoms with van der Waals surface area (Å²) in [5, 5.41) is 30.6. The number of cyclic esters (lactones) is 1. The van der Waals surface area contributed by atoms with Crippen LogP contribution in [0, 0.1) is 5.92 Å². The van der Waals surface area contributed by atoms with Crippen molar-refractivity contribution in [1.82, 2.24) is 0 Å². The van der Waals surface area contributed by atoms with Gasteiger partial charge in [0.05, 0.1) is 20.1 Å². The fourth-order valence-corrected chi connectivity index (χ4v) is 3.33. The second-order valence-electron chi connectivity index (χ2n) is 6.66. The number of esters is 1. The molecule has 0 amide bonds. The molecule has 1 aliphatic rings. The summed E-state index contributed by atoms with van der Waals surface area (Å²) in [5.41, 5.74) is 0.0402. The molecule has 2 atom stereocenters. The standard InChI is InChI=1S/C20H22O7/c1-25-17-8-12(3-5-15(17)21)7-14-19(23)27-11-20(14,24)10-13-4-6-16(22)18(9-13)26-2/h3-6,8-9,14,21-22,24H,7,10-11H2,1-2H3/t14-,20-/m0/s1. The summed E-state index contributed by atoms with van der Waals surface area (Å²) >= 11 is 0. The predicted molar refractivity (Wildman–Crippen MR) is 96.1 cm³/mol. The lowest BCUT2D eigenvalue weighted by Crippen LogP contribution is -2.41. The van der Waals surface area contributed by atoms with E-state index in [-0.39, 0.29) is 30.9 Å². The van der Waals surface area contributed by atoms with E-state index >= 15 is 0 Å². The Hall–Kier alpha value is -2.93. The van der Waals surface area contributed by atoms with Crippen molar-refractivity contribution >= 4 is 5.97 Å². The van der Waals surface area contributed by atoms with Crippen LogP contribution in [0.4, 0.5) is 0 Å². The molecule has 0 spiro atoms. The first-order valence-electron chi connectivity index (χ1n) is 8.47. The van der Waals surface area contributed by atoms with E-state index in [4.69, 9.17) is 14.2 Å². The minimum atomic E-state index is -1.40. The fourth-order valence-electron chi connectivity index (χ4n) is 3.33. The van der Waals surface area contributed by atoms with Crippen LogP contribution >= 0.6 is 0 Å². The number of aromatic hydroxyl groups is 2. The maximum absolute atomic E-state index is 12.3. The highest BCUT2D eigenvalue weighted by atomic mass is 16.6. The van der Waals surface area contributed by atoms with Gasteiger partial charge in [-0.3, -0.25) is 4.79 Å². The van der Waals surface area contributed by atoms with Crippen LogP contribution in [0.25, 0.3) is 0 Å². The lowest BCUT2D eigenvalue weighted by molar-refractivity contribution is -0.141. The second kappa shape index (κ2) is 7.36. The molecule has 2 aromatic carbocycles. The third kappa shape index (κ3) is 3.78. The average molecular weight is 374 g/mol. The Balaban J connectivity index is 1.84. The second-order valence-corrected chi connectivity index (χ2v) is 6.66. The first kappa shape index (κ1) is 18.8. The molecule has 1 heterocycles. The molecule has 0 radical (unpaired) electrons. The molecule has 1 fully saturated rings. The third-order valence-electron chi connectivity index (χ3n) is 4.84. The number of phenolic OH excluding ortho intramolecular Hbond substituents is 2. The molecular formula is C20H22O7. The topological polar surface area (TPSA) is 105 Å². The van der Waals surface area contributed by atoms with Crippen LogP contribution in [-0.4, -0.2) is 47.7 Å². The number of benzene rings is 2. The molecule has 1 saturated heterocycles. The molecule has 0 saturated carbocycles. The lowest BCUT2D eigenvalue weighted by atomic mass is 9.81. The molecule has 2 aromatic rings. The molecule has 0 aliphatic carbocycles. The summed E-state index contributed by atoms with van der Waals surface area (Å²) in [6.07, 6.45) is 0.399. The third-order valence-corrected chi connectivity index (χ3v) is 4.84. The van der Waals surface area contributed by atoms with Crippen LogP contribution in [0.3, 0.4) is 0 Å². The number of ether oxygens (including phenoxy) is 3. The fraction of sp³-hybridized carbons (Fsp3) is 0.350. The molecule has 0 unspecified atom stereocenters. The van der Waals surface area contributed by atoms with Gasteiger partial charge >= 0.3 is 5.97 Å². The highest BCUT2D eigenvalue weighted by Crippen LogP contribution is 2.36. The highest BCUT2D eigenvalue weighted by Gasteiger charge is 2.49. The van der Waals surface area contributed by atoms with Crippen LogP contribution in [0.15, 0.2) is 36.4 Å². The van der Waals surface area contributed by atoms with Crippen molar-refractivity contribution in [3.8, 4) is 23.0 Å². The zero-order valence-corrected chi connectivity index (χ0v) is 15.1. The minimum absolute atomic E-state index is 0.000253. The van der Waals surface area contributed by atoms with Crippen LogP contribution < -0.4 is 9.47 Å². The summed E-state index contributed by atoms with van der Waals surface area (Å²) in [4.78, 5) is 12.3. The smallest absolute Gasteiger partial charge is 0.312 e. The van der Waals surface area contributed by atoms with Gasteiger partial charge in [-0.15, -0.1) is 0 Å². The van der Waals surface area contributed by atoms with Gasteiger partial charge in [0.2, 0.25) is 0 Å². The number of aliphatic hydroxyl groups is 1. The van der Waals surface area contributed by atoms with Gasteiger partial charge in [-0.05, 0) is 41.8 Å². The Morgan fingerprint density at radius 2 is 1.59 bits per heavy atom. The van der Waals surface area contributed by atoms with Gasteiger partial charge in [-0.2, -0.15) is 0 Å². The largest absolute Gasteiger partial charge is 0.504 e. The zero-order chi connectivity index (χ0) is 19.6. The molecule has 1 aliphatic heterocycles. The zero-order valence-electron chi connectivity index (χ0n) is 15.1. The van der Waals surface area contributed by atoms with E-state index in [0.29, 0.717) is 17.1 Å². The van der Waals surface area contributed by atoms with E-state index in [1.807, 2.05) is 0 Å². The molecular weight excluding hydrogens is 352 g/mol. The van der Waals surface area contributed by atoms with Gasteiger partial charge < -0.3 is 29.5 Å². The Kier molecular flexibility index (Phi) is 5.14. The molecule has 3 rings (SSSR count). The van der Waals surface area contributed by atoms with Gasteiger partial charge in [-0.25, -0.2) is 0 Å². The number of rotatable bonds is 6. The Morgan fingerprint density at radius 1 is 1.04 bits per heavy atom. The Morgan fingerprint density at radius 3 is 2.19 bits per heavy atom. The summed E-state index contributed by atoms with van der Waals surface area (Å²) in [7, 11) is 2.88. The van der Waals surface area contributed by atoms with E-state index in [0.717, 1.165) is 5.56 Å². The van der Waals surface area contributed by atoms with Crippen LogP contribution in [-0.2, 0) is 22.4 Å². The van der Waals surface area contributed by atoms with E-state index in [1.54, 1.807) is 24.3 Å². The molecule has 0 bridgehead atoms. The van der Waals surface area contributed by atoms with E-state index < -0.39 is 17.5 Å². The first-order chi connectivity index (χ1) is 12.9. The maximum Gasteiger partial charge on any atom is 0.312 e. The van der Waals surface area contributed by atoms with Gasteiger partial charge in [0.1, 0.15) is 12.2 Å². The molecule has 27 heavy (non-hydrogen) atoms. The highest BCUT2D eigenvalue weighted by molar-refractivity contribution is 5.77. The lowest BCUT2D eigenvalue weighted by Gasteiger charge is -2.26. The average Bonchev–Trinajstić information content (AvgIpc) is 2.93. The number of hydrogen-bond acceptors (Lipinski definition) is 7. The summed E-state index contributed by atoms with van der Waals surface area (Å²) in [6, 6.07) is 9.56. The van der Waals surface area contributed by atoms with Crippen LogP contribution in [0.2, 0.25) is 0 Å². The van der Waals surface area contributed by atoms with E-state index in [9.17, 15) is 20.1 Å². The van der Waals surface area contributed by atoms with E-state index in [2.05, 4.69) is 0 Å². The number of phenols is 2. The van der Waals surface area contributed by atoms with Crippen molar-refractivity contribution in [2.24, 2.45) is 5.92 Å². The Bertz CT molecular complexity index is 848. The number of methoxy groups -OCH3 is 2. The predicted octanol–water partition coefficient (Wildman–Crippen LogP) is 1.80. The van der Waals surface area contributed by atoms with Gasteiger partial charge in [0.15, 0.2) is 23.0 Å². The minimum Gasteiger partial charge on any atom is -0.504 e. The Labute approximate surface area is 156 Å². The summed E-state index contributed by atoms with van der Waals surface area (Å²) in [5.74, 6) is -0.657. The molecule has 7 heteroatoms.